The van der Waals surface area contributed by atoms with Crippen LogP contribution in [0.25, 0.3) is 0 Å². The topological polar surface area (TPSA) is 76.4 Å². The van der Waals surface area contributed by atoms with E-state index in [2.05, 4.69) is 10.4 Å². The molecule has 0 fully saturated rings. The van der Waals surface area contributed by atoms with Gasteiger partial charge in [-0.1, -0.05) is 11.6 Å². The van der Waals surface area contributed by atoms with Crippen molar-refractivity contribution in [3.05, 3.63) is 47.2 Å². The van der Waals surface area contributed by atoms with Crippen LogP contribution in [0.4, 0.5) is 0 Å². The molecule has 0 spiro atoms. The van der Waals surface area contributed by atoms with Gasteiger partial charge in [0.05, 0.1) is 11.8 Å². The lowest BCUT2D eigenvalue weighted by atomic mass is 10.3. The minimum atomic E-state index is -0.810. The van der Waals surface area contributed by atoms with Gasteiger partial charge in [-0.3, -0.25) is 9.48 Å². The molecule has 23 heavy (non-hydrogen) atoms. The van der Waals surface area contributed by atoms with Gasteiger partial charge in [0.1, 0.15) is 18.5 Å². The molecule has 0 aliphatic heterocycles. The first-order chi connectivity index (χ1) is 11.0. The largest absolute Gasteiger partial charge is 0.491 e. The van der Waals surface area contributed by atoms with E-state index in [0.717, 1.165) is 0 Å². The Balaban J connectivity index is 1.75. The van der Waals surface area contributed by atoms with Crippen LogP contribution in [0.3, 0.4) is 0 Å². The number of aliphatic hydroxyl groups excluding tert-OH is 1. The van der Waals surface area contributed by atoms with Crippen molar-refractivity contribution in [2.24, 2.45) is 0 Å². The third-order valence-corrected chi connectivity index (χ3v) is 3.40. The van der Waals surface area contributed by atoms with E-state index in [-0.39, 0.29) is 25.1 Å². The van der Waals surface area contributed by atoms with Gasteiger partial charge in [-0.25, -0.2) is 0 Å². The Kier molecular flexibility index (Phi) is 6.01. The average Bonchev–Trinajstić information content (AvgIpc) is 3.02. The predicted octanol–water partition coefficient (Wildman–Crippen LogP) is 2.29. The van der Waals surface area contributed by atoms with E-state index >= 15 is 0 Å². The molecule has 0 saturated heterocycles. The molecule has 2 aromatic rings. The molecule has 1 aromatic heterocycles. The Morgan fingerprint density at radius 1 is 1.39 bits per heavy atom. The van der Waals surface area contributed by atoms with Crippen molar-refractivity contribution in [3.63, 3.8) is 0 Å². The summed E-state index contributed by atoms with van der Waals surface area (Å²) in [5, 5.41) is 17.2. The Morgan fingerprint density at radius 3 is 2.70 bits per heavy atom. The molecular weight excluding hydrogens is 318 g/mol. The molecule has 1 heterocycles. The average molecular weight is 338 g/mol. The second kappa shape index (κ2) is 7.99. The highest BCUT2D eigenvalue weighted by Gasteiger charge is 2.12. The van der Waals surface area contributed by atoms with Gasteiger partial charge in [-0.15, -0.1) is 0 Å². The summed E-state index contributed by atoms with van der Waals surface area (Å²) in [5.74, 6) is 0.334. The van der Waals surface area contributed by atoms with E-state index in [9.17, 15) is 9.90 Å². The summed E-state index contributed by atoms with van der Waals surface area (Å²) in [6.45, 7) is 4.13. The third kappa shape index (κ3) is 5.26. The maximum atomic E-state index is 12.0. The second-order valence-corrected chi connectivity index (χ2v) is 5.87. The molecule has 0 saturated carbocycles. The standard InChI is InChI=1S/C16H20ClN3O3/c1-11(2)20-9-12(7-19-20)16(22)18-8-14(21)10-23-15-5-3-13(17)4-6-15/h3-7,9,11,14,21H,8,10H2,1-2H3,(H,18,22)/t14-/m1/s1. The summed E-state index contributed by atoms with van der Waals surface area (Å²) in [4.78, 5) is 12.0. The maximum Gasteiger partial charge on any atom is 0.254 e. The van der Waals surface area contributed by atoms with Gasteiger partial charge in [0.15, 0.2) is 0 Å². The second-order valence-electron chi connectivity index (χ2n) is 5.43. The van der Waals surface area contributed by atoms with Crippen molar-refractivity contribution in [3.8, 4) is 5.75 Å². The highest BCUT2D eigenvalue weighted by Crippen LogP contribution is 2.15. The minimum Gasteiger partial charge on any atom is -0.491 e. The smallest absolute Gasteiger partial charge is 0.254 e. The Bertz CT molecular complexity index is 640. The Hall–Kier alpha value is -2.05. The quantitative estimate of drug-likeness (QED) is 0.812. The molecule has 2 rings (SSSR count). The number of nitrogens with zero attached hydrogens (tertiary/aromatic N) is 2. The van der Waals surface area contributed by atoms with Crippen LogP contribution in [0.5, 0.6) is 5.75 Å². The molecule has 0 aliphatic carbocycles. The molecule has 0 aliphatic rings. The lowest BCUT2D eigenvalue weighted by molar-refractivity contribution is 0.0843. The SMILES string of the molecule is CC(C)n1cc(C(=O)NC[C@@H](O)COc2ccc(Cl)cc2)cn1. The number of nitrogens with one attached hydrogen (secondary N) is 1. The summed E-state index contributed by atoms with van der Waals surface area (Å²) in [5.41, 5.74) is 0.463. The van der Waals surface area contributed by atoms with Crippen molar-refractivity contribution < 1.29 is 14.6 Å². The highest BCUT2D eigenvalue weighted by atomic mass is 35.5. The zero-order chi connectivity index (χ0) is 16.8. The van der Waals surface area contributed by atoms with E-state index < -0.39 is 6.10 Å². The molecule has 124 valence electrons. The summed E-state index contributed by atoms with van der Waals surface area (Å²) < 4.78 is 7.12. The molecule has 0 bridgehead atoms. The fourth-order valence-corrected chi connectivity index (χ4v) is 1.96. The normalized spacial score (nSPS) is 12.2. The number of carbonyl (C=O) groups excluding carboxylic acids is 1. The van der Waals surface area contributed by atoms with Gasteiger partial charge >= 0.3 is 0 Å². The van der Waals surface area contributed by atoms with Crippen LogP contribution in [-0.4, -0.2) is 40.0 Å². The van der Waals surface area contributed by atoms with Gasteiger partial charge in [0.2, 0.25) is 0 Å². The van der Waals surface area contributed by atoms with Crippen LogP contribution in [0.1, 0.15) is 30.2 Å². The van der Waals surface area contributed by atoms with Crippen molar-refractivity contribution in [2.45, 2.75) is 26.0 Å². The van der Waals surface area contributed by atoms with Crippen LogP contribution >= 0.6 is 11.6 Å². The number of carbonyl (C=O) groups is 1. The summed E-state index contributed by atoms with van der Waals surface area (Å²) in [6, 6.07) is 7.03. The first-order valence-electron chi connectivity index (χ1n) is 7.34. The summed E-state index contributed by atoms with van der Waals surface area (Å²) in [7, 11) is 0. The molecule has 0 radical (unpaired) electrons. The van der Waals surface area contributed by atoms with Crippen molar-refractivity contribution in [2.75, 3.05) is 13.2 Å². The van der Waals surface area contributed by atoms with Crippen LogP contribution in [-0.2, 0) is 0 Å². The minimum absolute atomic E-state index is 0.0766. The molecule has 6 nitrogen and oxygen atoms in total. The Labute approximate surface area is 140 Å². The maximum absolute atomic E-state index is 12.0. The van der Waals surface area contributed by atoms with Crippen LogP contribution in [0, 0.1) is 0 Å². The molecule has 1 atom stereocenters. The predicted molar refractivity (Wildman–Crippen MR) is 87.9 cm³/mol. The number of amides is 1. The van der Waals surface area contributed by atoms with E-state index in [1.165, 1.54) is 6.20 Å². The highest BCUT2D eigenvalue weighted by molar-refractivity contribution is 6.30. The number of hydrogen-bond acceptors (Lipinski definition) is 4. The van der Waals surface area contributed by atoms with Gasteiger partial charge in [0.25, 0.3) is 5.91 Å². The van der Waals surface area contributed by atoms with E-state index in [1.54, 1.807) is 35.1 Å². The molecule has 2 N–H and O–H groups in total. The number of rotatable bonds is 7. The lowest BCUT2D eigenvalue weighted by Gasteiger charge is -2.13. The number of aromatic nitrogens is 2. The van der Waals surface area contributed by atoms with Crippen molar-refractivity contribution in [1.29, 1.82) is 0 Å². The van der Waals surface area contributed by atoms with Crippen LogP contribution < -0.4 is 10.1 Å². The van der Waals surface area contributed by atoms with E-state index in [0.29, 0.717) is 16.3 Å². The molecule has 7 heteroatoms. The summed E-state index contributed by atoms with van der Waals surface area (Å²) in [6.07, 6.45) is 2.37. The number of aliphatic hydroxyl groups is 1. The first kappa shape index (κ1) is 17.3. The van der Waals surface area contributed by atoms with Crippen LogP contribution in [0.2, 0.25) is 5.02 Å². The van der Waals surface area contributed by atoms with Gasteiger partial charge < -0.3 is 15.2 Å². The van der Waals surface area contributed by atoms with Crippen molar-refractivity contribution >= 4 is 17.5 Å². The zero-order valence-electron chi connectivity index (χ0n) is 13.1. The van der Waals surface area contributed by atoms with Gasteiger partial charge in [-0.2, -0.15) is 5.10 Å². The van der Waals surface area contributed by atoms with Gasteiger partial charge in [-0.05, 0) is 38.1 Å². The number of benzene rings is 1. The number of hydrogen-bond donors (Lipinski definition) is 2. The monoisotopic (exact) mass is 337 g/mol. The summed E-state index contributed by atoms with van der Waals surface area (Å²) >= 11 is 5.78. The number of ether oxygens (including phenoxy) is 1. The third-order valence-electron chi connectivity index (χ3n) is 3.15. The van der Waals surface area contributed by atoms with Crippen molar-refractivity contribution in [1.82, 2.24) is 15.1 Å². The van der Waals surface area contributed by atoms with Gasteiger partial charge in [0, 0.05) is 23.8 Å². The Morgan fingerprint density at radius 2 is 2.09 bits per heavy atom. The fourth-order valence-electron chi connectivity index (χ4n) is 1.83. The molecule has 1 amide bonds. The first-order valence-corrected chi connectivity index (χ1v) is 7.72. The van der Waals surface area contributed by atoms with Crippen LogP contribution in [0.15, 0.2) is 36.7 Å². The zero-order valence-corrected chi connectivity index (χ0v) is 13.8. The molecular formula is C16H20ClN3O3. The van der Waals surface area contributed by atoms with E-state index in [4.69, 9.17) is 16.3 Å². The number of halogens is 1. The lowest BCUT2D eigenvalue weighted by Crippen LogP contribution is -2.35. The molecule has 0 unspecified atom stereocenters. The molecule has 1 aromatic carbocycles. The fraction of sp³-hybridized carbons (Fsp3) is 0.375. The van der Waals surface area contributed by atoms with E-state index in [1.807, 2.05) is 13.8 Å².